The first-order valence-corrected chi connectivity index (χ1v) is 9.04. The summed E-state index contributed by atoms with van der Waals surface area (Å²) in [5.41, 5.74) is -1.95. The number of hydrogen-bond acceptors (Lipinski definition) is 4. The third-order valence-corrected chi connectivity index (χ3v) is 6.76. The zero-order chi connectivity index (χ0) is 11.0. The Kier molecular flexibility index (Phi) is 7.92. The second-order valence-electron chi connectivity index (χ2n) is 2.83. The van der Waals surface area contributed by atoms with Gasteiger partial charge < -0.3 is 9.61 Å². The van der Waals surface area contributed by atoms with Crippen LogP contribution in [0.4, 0.5) is 0 Å². The van der Waals surface area contributed by atoms with E-state index in [0.29, 0.717) is 0 Å². The van der Waals surface area contributed by atoms with E-state index in [0.717, 1.165) is 12.3 Å². The van der Waals surface area contributed by atoms with Crippen LogP contribution in [0.3, 0.4) is 0 Å². The lowest BCUT2D eigenvalue weighted by Crippen LogP contribution is -2.11. The second kappa shape index (κ2) is 7.69. The average Bonchev–Trinajstić information content (AvgIpc) is 2.03. The number of aliphatic imine (C=N–C) groups is 1. The molecule has 1 unspecified atom stereocenters. The molecule has 0 saturated carbocycles. The van der Waals surface area contributed by atoms with Crippen molar-refractivity contribution in [3.8, 4) is 0 Å². The lowest BCUT2D eigenvalue weighted by atomic mass is 10.5. The molecule has 14 heavy (non-hydrogen) atoms. The molecule has 0 aromatic carbocycles. The van der Waals surface area contributed by atoms with Gasteiger partial charge in [-0.2, -0.15) is 0 Å². The fraction of sp³-hybridized carbons (Fsp3) is 0.875. The van der Waals surface area contributed by atoms with E-state index < -0.39 is 5.62 Å². The van der Waals surface area contributed by atoms with Crippen molar-refractivity contribution in [1.82, 2.24) is 5.09 Å². The van der Waals surface area contributed by atoms with Crippen LogP contribution in [0.15, 0.2) is 4.99 Å². The molecule has 84 valence electrons. The van der Waals surface area contributed by atoms with Crippen LogP contribution in [0.1, 0.15) is 27.7 Å². The molecule has 3 nitrogen and oxygen atoms in total. The van der Waals surface area contributed by atoms with Gasteiger partial charge in [-0.25, -0.2) is 0 Å². The Morgan fingerprint density at radius 1 is 1.57 bits per heavy atom. The van der Waals surface area contributed by atoms with Crippen LogP contribution in [0.2, 0.25) is 0 Å². The lowest BCUT2D eigenvalue weighted by Gasteiger charge is -2.22. The summed E-state index contributed by atoms with van der Waals surface area (Å²) in [4.78, 5) is 4.08. The SMILES string of the molecule is CCN=CNP(=S)(OC(C)C)SCC. The van der Waals surface area contributed by atoms with Crippen molar-refractivity contribution in [2.24, 2.45) is 4.99 Å². The maximum Gasteiger partial charge on any atom is 0.211 e. The molecular formula is C8H19N2OPS2. The molecule has 0 radical (unpaired) electrons. The zero-order valence-electron chi connectivity index (χ0n) is 9.19. The van der Waals surface area contributed by atoms with E-state index in [1.807, 2.05) is 20.8 Å². The van der Waals surface area contributed by atoms with Gasteiger partial charge in [-0.05, 0) is 38.3 Å². The van der Waals surface area contributed by atoms with E-state index in [1.165, 1.54) is 0 Å². The van der Waals surface area contributed by atoms with Crippen molar-refractivity contribution in [2.45, 2.75) is 33.8 Å². The van der Waals surface area contributed by atoms with Crippen molar-refractivity contribution >= 4 is 35.1 Å². The van der Waals surface area contributed by atoms with Gasteiger partial charge in [0.25, 0.3) is 0 Å². The van der Waals surface area contributed by atoms with E-state index in [-0.39, 0.29) is 6.10 Å². The van der Waals surface area contributed by atoms with E-state index in [4.69, 9.17) is 16.3 Å². The van der Waals surface area contributed by atoms with Gasteiger partial charge in [-0.15, -0.1) is 0 Å². The third-order valence-electron chi connectivity index (χ3n) is 1.14. The van der Waals surface area contributed by atoms with E-state index >= 15 is 0 Å². The van der Waals surface area contributed by atoms with E-state index in [1.54, 1.807) is 17.7 Å². The van der Waals surface area contributed by atoms with Crippen LogP contribution in [0, 0.1) is 0 Å². The summed E-state index contributed by atoms with van der Waals surface area (Å²) in [7, 11) is 0. The summed E-state index contributed by atoms with van der Waals surface area (Å²) < 4.78 is 5.71. The number of hydrogen-bond donors (Lipinski definition) is 1. The molecule has 0 bridgehead atoms. The van der Waals surface area contributed by atoms with Crippen LogP contribution in [0.5, 0.6) is 0 Å². The van der Waals surface area contributed by atoms with Gasteiger partial charge >= 0.3 is 0 Å². The van der Waals surface area contributed by atoms with Crippen LogP contribution in [-0.2, 0) is 16.3 Å². The summed E-state index contributed by atoms with van der Waals surface area (Å²) in [6.07, 6.45) is 1.83. The number of nitrogens with one attached hydrogen (secondary N) is 1. The summed E-state index contributed by atoms with van der Waals surface area (Å²) in [5.74, 6) is 0.955. The number of rotatable bonds is 7. The monoisotopic (exact) mass is 254 g/mol. The molecule has 0 aliphatic heterocycles. The first-order chi connectivity index (χ1) is 6.54. The van der Waals surface area contributed by atoms with Gasteiger partial charge in [-0.3, -0.25) is 4.99 Å². The molecule has 0 fully saturated rings. The smallest absolute Gasteiger partial charge is 0.211 e. The molecule has 1 atom stereocenters. The Balaban J connectivity index is 4.24. The predicted octanol–water partition coefficient (Wildman–Crippen LogP) is 3.03. The highest BCUT2D eigenvalue weighted by atomic mass is 32.9. The minimum absolute atomic E-state index is 0.155. The van der Waals surface area contributed by atoms with Gasteiger partial charge in [0.15, 0.2) is 0 Å². The van der Waals surface area contributed by atoms with Crippen molar-refractivity contribution < 1.29 is 4.52 Å². The average molecular weight is 254 g/mol. The van der Waals surface area contributed by atoms with Gasteiger partial charge in [0.05, 0.1) is 12.4 Å². The van der Waals surface area contributed by atoms with E-state index in [2.05, 4.69) is 17.0 Å². The first kappa shape index (κ1) is 14.4. The predicted molar refractivity (Wildman–Crippen MR) is 70.8 cm³/mol. The van der Waals surface area contributed by atoms with Crippen molar-refractivity contribution in [1.29, 1.82) is 0 Å². The maximum atomic E-state index is 5.71. The molecule has 0 amide bonds. The Morgan fingerprint density at radius 3 is 2.64 bits per heavy atom. The molecule has 0 aromatic rings. The van der Waals surface area contributed by atoms with Crippen molar-refractivity contribution in [3.63, 3.8) is 0 Å². The quantitative estimate of drug-likeness (QED) is 0.430. The molecule has 0 aliphatic rings. The first-order valence-electron chi connectivity index (χ1n) is 4.73. The Bertz CT molecular complexity index is 221. The summed E-state index contributed by atoms with van der Waals surface area (Å²) in [6, 6.07) is 0. The van der Waals surface area contributed by atoms with Gasteiger partial charge in [0.2, 0.25) is 5.62 Å². The minimum atomic E-state index is -1.95. The standard InChI is InChI=1S/C8H19N2OPS2/c1-5-9-7-10-12(13,14-6-2)11-8(3)4/h7-8H,5-6H2,1-4H3,(H,9,10,13). The Labute approximate surface area is 96.0 Å². The van der Waals surface area contributed by atoms with Crippen LogP contribution in [-0.4, -0.2) is 24.7 Å². The van der Waals surface area contributed by atoms with E-state index in [9.17, 15) is 0 Å². The number of nitrogens with zero attached hydrogens (tertiary/aromatic N) is 1. The fourth-order valence-electron chi connectivity index (χ4n) is 0.748. The van der Waals surface area contributed by atoms with Crippen molar-refractivity contribution in [3.05, 3.63) is 0 Å². The summed E-state index contributed by atoms with van der Waals surface area (Å²) >= 11 is 7.10. The Morgan fingerprint density at radius 2 is 2.21 bits per heavy atom. The second-order valence-corrected chi connectivity index (χ2v) is 9.68. The molecule has 0 heterocycles. The fourth-order valence-corrected chi connectivity index (χ4v) is 5.75. The zero-order valence-corrected chi connectivity index (χ0v) is 11.7. The normalized spacial score (nSPS) is 16.1. The van der Waals surface area contributed by atoms with Crippen molar-refractivity contribution in [2.75, 3.05) is 12.3 Å². The van der Waals surface area contributed by atoms with Gasteiger partial charge in [0, 0.05) is 6.54 Å². The molecule has 0 aliphatic carbocycles. The highest BCUT2D eigenvalue weighted by Gasteiger charge is 2.17. The van der Waals surface area contributed by atoms with Crippen LogP contribution >= 0.6 is 17.0 Å². The highest BCUT2D eigenvalue weighted by Crippen LogP contribution is 2.56. The summed E-state index contributed by atoms with van der Waals surface area (Å²) in [6.45, 7) is 8.82. The molecule has 0 rings (SSSR count). The van der Waals surface area contributed by atoms with Crippen LogP contribution in [0.25, 0.3) is 0 Å². The minimum Gasteiger partial charge on any atom is -0.324 e. The third kappa shape index (κ3) is 6.82. The highest BCUT2D eigenvalue weighted by molar-refractivity contribution is 8.68. The molecular weight excluding hydrogens is 235 g/mol. The van der Waals surface area contributed by atoms with Gasteiger partial charge in [0.1, 0.15) is 0 Å². The van der Waals surface area contributed by atoms with Gasteiger partial charge in [-0.1, -0.05) is 18.3 Å². The summed E-state index contributed by atoms with van der Waals surface area (Å²) in [5, 5.41) is 3.10. The Hall–Kier alpha value is 0.430. The molecule has 0 saturated heterocycles. The molecule has 1 N–H and O–H groups in total. The molecule has 0 aromatic heterocycles. The molecule has 6 heteroatoms. The topological polar surface area (TPSA) is 33.6 Å². The molecule has 0 spiro atoms. The largest absolute Gasteiger partial charge is 0.324 e. The lowest BCUT2D eigenvalue weighted by molar-refractivity contribution is 0.274. The van der Waals surface area contributed by atoms with Crippen LogP contribution < -0.4 is 5.09 Å². The maximum absolute atomic E-state index is 5.71.